The van der Waals surface area contributed by atoms with Gasteiger partial charge in [-0.2, -0.15) is 0 Å². The van der Waals surface area contributed by atoms with Crippen LogP contribution in [0.1, 0.15) is 32.1 Å². The van der Waals surface area contributed by atoms with E-state index in [0.29, 0.717) is 35.3 Å². The van der Waals surface area contributed by atoms with Crippen molar-refractivity contribution < 1.29 is 4.74 Å². The molecule has 0 unspecified atom stereocenters. The molecule has 3 heterocycles. The number of hydrogen-bond acceptors (Lipinski definition) is 5. The summed E-state index contributed by atoms with van der Waals surface area (Å²) in [6.45, 7) is 0.706. The summed E-state index contributed by atoms with van der Waals surface area (Å²) in [6.07, 6.45) is 9.50. The van der Waals surface area contributed by atoms with E-state index in [1.807, 2.05) is 6.07 Å². The third kappa shape index (κ3) is 3.14. The van der Waals surface area contributed by atoms with Crippen LogP contribution in [0.2, 0.25) is 0 Å². The highest BCUT2D eigenvalue weighted by Crippen LogP contribution is 2.26. The predicted molar refractivity (Wildman–Crippen MR) is 94.5 cm³/mol. The fourth-order valence-corrected chi connectivity index (χ4v) is 3.51. The molecule has 130 valence electrons. The molecule has 0 atom stereocenters. The smallest absolute Gasteiger partial charge is 0.328 e. The van der Waals surface area contributed by atoms with Crippen molar-refractivity contribution in [3.63, 3.8) is 0 Å². The van der Waals surface area contributed by atoms with Gasteiger partial charge in [0.25, 0.3) is 0 Å². The zero-order chi connectivity index (χ0) is 17.2. The summed E-state index contributed by atoms with van der Waals surface area (Å²) in [5, 5.41) is 0. The first kappa shape index (κ1) is 15.8. The van der Waals surface area contributed by atoms with Crippen LogP contribution in [0.25, 0.3) is 22.6 Å². The second kappa shape index (κ2) is 6.66. The maximum atomic E-state index is 12.3. The van der Waals surface area contributed by atoms with Crippen LogP contribution in [0.5, 0.6) is 5.88 Å². The Balaban J connectivity index is 1.70. The number of H-pyrrole nitrogens is 1. The molecule has 7 heteroatoms. The molecule has 1 N–H and O–H groups in total. The standard InChI is InChI=1S/C18H21N5O2/c1-25-15-8-7-13(9-19-15)14-10-20-16-17(21-14)23(18(24)22-16)11-12-5-3-2-4-6-12/h7-10,12H,2-6,11H2,1H3,(H,20,22,24). The Labute approximate surface area is 145 Å². The van der Waals surface area contributed by atoms with Crippen molar-refractivity contribution in [2.45, 2.75) is 38.6 Å². The number of pyridine rings is 1. The SMILES string of the molecule is COc1ccc(-c2cnc3[nH]c(=O)n(CC4CCCCC4)c3n2)cn1. The van der Waals surface area contributed by atoms with Gasteiger partial charge in [0.15, 0.2) is 11.3 Å². The number of aromatic amines is 1. The van der Waals surface area contributed by atoms with E-state index in [0.717, 1.165) is 5.56 Å². The molecule has 3 aromatic heterocycles. The summed E-state index contributed by atoms with van der Waals surface area (Å²) in [5.41, 5.74) is 2.55. The molecule has 1 aliphatic carbocycles. The van der Waals surface area contributed by atoms with Gasteiger partial charge in [-0.25, -0.2) is 19.7 Å². The summed E-state index contributed by atoms with van der Waals surface area (Å²) in [6, 6.07) is 3.67. The van der Waals surface area contributed by atoms with E-state index >= 15 is 0 Å². The molecule has 7 nitrogen and oxygen atoms in total. The molecule has 1 fully saturated rings. The molecule has 1 saturated carbocycles. The summed E-state index contributed by atoms with van der Waals surface area (Å²) >= 11 is 0. The molecule has 0 radical (unpaired) electrons. The topological polar surface area (TPSA) is 85.7 Å². The quantitative estimate of drug-likeness (QED) is 0.790. The average Bonchev–Trinajstić information content (AvgIpc) is 2.97. The number of aromatic nitrogens is 5. The van der Waals surface area contributed by atoms with Crippen molar-refractivity contribution in [3.8, 4) is 17.1 Å². The van der Waals surface area contributed by atoms with Crippen LogP contribution in [0.4, 0.5) is 0 Å². The van der Waals surface area contributed by atoms with E-state index in [1.165, 1.54) is 32.1 Å². The molecule has 0 aromatic carbocycles. The zero-order valence-corrected chi connectivity index (χ0v) is 14.2. The van der Waals surface area contributed by atoms with E-state index in [4.69, 9.17) is 4.74 Å². The Morgan fingerprint density at radius 1 is 1.20 bits per heavy atom. The van der Waals surface area contributed by atoms with Crippen LogP contribution in [-0.2, 0) is 6.54 Å². The Kier molecular flexibility index (Phi) is 4.21. The maximum Gasteiger partial charge on any atom is 0.328 e. The van der Waals surface area contributed by atoms with Crippen molar-refractivity contribution >= 4 is 11.3 Å². The fraction of sp³-hybridized carbons (Fsp3) is 0.444. The average molecular weight is 339 g/mol. The second-order valence-electron chi connectivity index (χ2n) is 6.56. The van der Waals surface area contributed by atoms with Crippen LogP contribution in [0.3, 0.4) is 0 Å². The number of nitrogens with zero attached hydrogens (tertiary/aromatic N) is 4. The molecule has 0 spiro atoms. The van der Waals surface area contributed by atoms with Gasteiger partial charge in [0.05, 0.1) is 19.0 Å². The Hall–Kier alpha value is -2.70. The number of fused-ring (bicyclic) bond motifs is 1. The van der Waals surface area contributed by atoms with Crippen molar-refractivity contribution in [3.05, 3.63) is 35.0 Å². The number of methoxy groups -OCH3 is 1. The van der Waals surface area contributed by atoms with Crippen LogP contribution in [0, 0.1) is 5.92 Å². The minimum atomic E-state index is -0.134. The molecule has 4 rings (SSSR count). The largest absolute Gasteiger partial charge is 0.481 e. The molecule has 3 aromatic rings. The molecule has 0 amide bonds. The molecule has 0 aliphatic heterocycles. The minimum Gasteiger partial charge on any atom is -0.481 e. The van der Waals surface area contributed by atoms with E-state index in [2.05, 4.69) is 19.9 Å². The minimum absolute atomic E-state index is 0.134. The summed E-state index contributed by atoms with van der Waals surface area (Å²) < 4.78 is 6.82. The van der Waals surface area contributed by atoms with E-state index in [9.17, 15) is 4.79 Å². The van der Waals surface area contributed by atoms with Gasteiger partial charge in [0, 0.05) is 24.4 Å². The van der Waals surface area contributed by atoms with Gasteiger partial charge < -0.3 is 4.74 Å². The number of nitrogens with one attached hydrogen (secondary N) is 1. The first-order valence-electron chi connectivity index (χ1n) is 8.70. The second-order valence-corrected chi connectivity index (χ2v) is 6.56. The van der Waals surface area contributed by atoms with Crippen LogP contribution in [-0.4, -0.2) is 31.6 Å². The number of rotatable bonds is 4. The van der Waals surface area contributed by atoms with Gasteiger partial charge in [-0.3, -0.25) is 9.55 Å². The third-order valence-electron chi connectivity index (χ3n) is 4.89. The van der Waals surface area contributed by atoms with E-state index in [-0.39, 0.29) is 5.69 Å². The number of hydrogen-bond donors (Lipinski definition) is 1. The number of ether oxygens (including phenoxy) is 1. The lowest BCUT2D eigenvalue weighted by Crippen LogP contribution is -2.23. The lowest BCUT2D eigenvalue weighted by Gasteiger charge is -2.21. The van der Waals surface area contributed by atoms with E-state index in [1.54, 1.807) is 30.1 Å². The van der Waals surface area contributed by atoms with Crippen LogP contribution >= 0.6 is 0 Å². The summed E-state index contributed by atoms with van der Waals surface area (Å²) in [4.78, 5) is 28.4. The Bertz CT molecular complexity index is 923. The molecular weight excluding hydrogens is 318 g/mol. The third-order valence-corrected chi connectivity index (χ3v) is 4.89. The maximum absolute atomic E-state index is 12.3. The van der Waals surface area contributed by atoms with Crippen molar-refractivity contribution in [1.82, 2.24) is 24.5 Å². The van der Waals surface area contributed by atoms with E-state index < -0.39 is 0 Å². The molecule has 0 saturated heterocycles. The first-order chi connectivity index (χ1) is 12.2. The molecular formula is C18H21N5O2. The van der Waals surface area contributed by atoms with Crippen molar-refractivity contribution in [2.24, 2.45) is 5.92 Å². The van der Waals surface area contributed by atoms with Gasteiger partial charge in [0.1, 0.15) is 0 Å². The van der Waals surface area contributed by atoms with Crippen molar-refractivity contribution in [1.29, 1.82) is 0 Å². The fourth-order valence-electron chi connectivity index (χ4n) is 3.51. The van der Waals surface area contributed by atoms with Gasteiger partial charge in [-0.15, -0.1) is 0 Å². The van der Waals surface area contributed by atoms with Gasteiger partial charge in [-0.1, -0.05) is 19.3 Å². The lowest BCUT2D eigenvalue weighted by atomic mass is 9.89. The van der Waals surface area contributed by atoms with Gasteiger partial charge in [0.2, 0.25) is 5.88 Å². The zero-order valence-electron chi connectivity index (χ0n) is 14.2. The molecule has 0 bridgehead atoms. The molecule has 25 heavy (non-hydrogen) atoms. The monoisotopic (exact) mass is 339 g/mol. The summed E-state index contributed by atoms with van der Waals surface area (Å²) in [7, 11) is 1.58. The van der Waals surface area contributed by atoms with Gasteiger partial charge >= 0.3 is 5.69 Å². The highest BCUT2D eigenvalue weighted by atomic mass is 16.5. The van der Waals surface area contributed by atoms with Gasteiger partial charge in [-0.05, 0) is 24.8 Å². The number of imidazole rings is 1. The first-order valence-corrected chi connectivity index (χ1v) is 8.70. The van der Waals surface area contributed by atoms with Crippen LogP contribution < -0.4 is 10.4 Å². The Morgan fingerprint density at radius 2 is 2.04 bits per heavy atom. The Morgan fingerprint density at radius 3 is 2.76 bits per heavy atom. The van der Waals surface area contributed by atoms with Crippen molar-refractivity contribution in [2.75, 3.05) is 7.11 Å². The van der Waals surface area contributed by atoms with Crippen LogP contribution in [0.15, 0.2) is 29.3 Å². The molecule has 1 aliphatic rings. The predicted octanol–water partition coefficient (Wildman–Crippen LogP) is 2.77. The summed E-state index contributed by atoms with van der Waals surface area (Å²) in [5.74, 6) is 1.09. The highest BCUT2D eigenvalue weighted by molar-refractivity contribution is 5.70. The lowest BCUT2D eigenvalue weighted by molar-refractivity contribution is 0.319. The highest BCUT2D eigenvalue weighted by Gasteiger charge is 2.18. The normalized spacial score (nSPS) is 15.6.